The SMILES string of the molecule is C=CC[C@H]1[C@H]2[C@@H](C(=O)N1Cc1ccccc1)[C@H]1C=C[C@@H]2C1. The largest absolute Gasteiger partial charge is 0.334 e. The number of hydrogen-bond donors (Lipinski definition) is 0. The molecule has 3 aliphatic rings. The molecule has 2 nitrogen and oxygen atoms in total. The molecule has 5 atom stereocenters. The Hall–Kier alpha value is -1.83. The highest BCUT2D eigenvalue weighted by Gasteiger charge is 2.58. The van der Waals surface area contributed by atoms with Crippen LogP contribution >= 0.6 is 0 Å². The first-order valence-corrected chi connectivity index (χ1v) is 7.93. The monoisotopic (exact) mass is 279 g/mol. The highest BCUT2D eigenvalue weighted by molar-refractivity contribution is 5.83. The van der Waals surface area contributed by atoms with Crippen molar-refractivity contribution in [1.82, 2.24) is 4.90 Å². The standard InChI is InChI=1S/C19H21NO/c1-2-6-16-17-14-9-10-15(11-14)18(17)19(21)20(16)12-13-7-4-3-5-8-13/h2-5,7-10,14-18H,1,6,11-12H2/t14-,15+,16+,17+,18+/m1/s1. The van der Waals surface area contributed by atoms with Crippen molar-refractivity contribution in [3.8, 4) is 0 Å². The second kappa shape index (κ2) is 4.87. The summed E-state index contributed by atoms with van der Waals surface area (Å²) in [4.78, 5) is 15.0. The molecule has 1 saturated heterocycles. The van der Waals surface area contributed by atoms with Crippen molar-refractivity contribution in [2.75, 3.05) is 0 Å². The molecule has 1 saturated carbocycles. The Morgan fingerprint density at radius 1 is 1.19 bits per heavy atom. The van der Waals surface area contributed by atoms with E-state index >= 15 is 0 Å². The van der Waals surface area contributed by atoms with E-state index in [9.17, 15) is 4.79 Å². The zero-order valence-electron chi connectivity index (χ0n) is 12.2. The van der Waals surface area contributed by atoms with Gasteiger partial charge in [-0.25, -0.2) is 0 Å². The second-order valence-corrected chi connectivity index (χ2v) is 6.59. The summed E-state index contributed by atoms with van der Waals surface area (Å²) in [5, 5.41) is 0. The average molecular weight is 279 g/mol. The third-order valence-corrected chi connectivity index (χ3v) is 5.54. The second-order valence-electron chi connectivity index (χ2n) is 6.59. The van der Waals surface area contributed by atoms with E-state index in [4.69, 9.17) is 0 Å². The van der Waals surface area contributed by atoms with Gasteiger partial charge in [-0.15, -0.1) is 6.58 Å². The molecule has 1 heterocycles. The third kappa shape index (κ3) is 1.89. The summed E-state index contributed by atoms with van der Waals surface area (Å²) >= 11 is 0. The zero-order chi connectivity index (χ0) is 14.4. The van der Waals surface area contributed by atoms with Gasteiger partial charge in [0.15, 0.2) is 0 Å². The molecule has 0 aromatic heterocycles. The van der Waals surface area contributed by atoms with Crippen LogP contribution in [-0.4, -0.2) is 16.8 Å². The lowest BCUT2D eigenvalue weighted by Crippen LogP contribution is -2.36. The van der Waals surface area contributed by atoms with Crippen LogP contribution < -0.4 is 0 Å². The fraction of sp³-hybridized carbons (Fsp3) is 0.421. The lowest BCUT2D eigenvalue weighted by atomic mass is 9.81. The van der Waals surface area contributed by atoms with Crippen LogP contribution in [0.1, 0.15) is 18.4 Å². The smallest absolute Gasteiger partial charge is 0.227 e. The Labute approximate surface area is 126 Å². The highest BCUT2D eigenvalue weighted by atomic mass is 16.2. The summed E-state index contributed by atoms with van der Waals surface area (Å²) in [6, 6.07) is 10.7. The van der Waals surface area contributed by atoms with Crippen LogP contribution in [0.5, 0.6) is 0 Å². The Kier molecular flexibility index (Phi) is 2.99. The number of nitrogens with zero attached hydrogens (tertiary/aromatic N) is 1. The van der Waals surface area contributed by atoms with E-state index in [-0.39, 0.29) is 5.92 Å². The Morgan fingerprint density at radius 3 is 2.71 bits per heavy atom. The maximum absolute atomic E-state index is 12.9. The lowest BCUT2D eigenvalue weighted by molar-refractivity contribution is -0.133. The maximum atomic E-state index is 12.9. The minimum atomic E-state index is 0.230. The molecule has 0 radical (unpaired) electrons. The summed E-state index contributed by atoms with van der Waals surface area (Å²) in [6.45, 7) is 4.65. The van der Waals surface area contributed by atoms with Gasteiger partial charge in [0.1, 0.15) is 0 Å². The van der Waals surface area contributed by atoms with Gasteiger partial charge in [-0.3, -0.25) is 4.79 Å². The predicted molar refractivity (Wildman–Crippen MR) is 83.3 cm³/mol. The molecular formula is C19H21NO. The van der Waals surface area contributed by atoms with Gasteiger partial charge >= 0.3 is 0 Å². The summed E-state index contributed by atoms with van der Waals surface area (Å²) in [7, 11) is 0. The summed E-state index contributed by atoms with van der Waals surface area (Å²) in [5.41, 5.74) is 1.22. The van der Waals surface area contributed by atoms with Crippen molar-refractivity contribution in [2.45, 2.75) is 25.4 Å². The summed E-state index contributed by atoms with van der Waals surface area (Å²) in [5.74, 6) is 2.20. The molecule has 1 aromatic rings. The molecule has 21 heavy (non-hydrogen) atoms. The molecule has 0 N–H and O–H groups in total. The first-order valence-electron chi connectivity index (χ1n) is 7.93. The van der Waals surface area contributed by atoms with E-state index in [0.717, 1.165) is 13.0 Å². The number of amides is 1. The first-order chi connectivity index (χ1) is 10.3. The van der Waals surface area contributed by atoms with E-state index in [1.807, 2.05) is 24.3 Å². The number of carbonyl (C=O) groups excluding carboxylic acids is 1. The van der Waals surface area contributed by atoms with E-state index in [1.165, 1.54) is 12.0 Å². The maximum Gasteiger partial charge on any atom is 0.227 e. The van der Waals surface area contributed by atoms with E-state index < -0.39 is 0 Å². The zero-order valence-corrected chi connectivity index (χ0v) is 12.2. The van der Waals surface area contributed by atoms with Gasteiger partial charge in [-0.1, -0.05) is 48.6 Å². The minimum Gasteiger partial charge on any atom is -0.334 e. The Balaban J connectivity index is 1.64. The van der Waals surface area contributed by atoms with Crippen LogP contribution in [0.4, 0.5) is 0 Å². The Bertz CT molecular complexity index is 591. The molecule has 2 fully saturated rings. The number of hydrogen-bond acceptors (Lipinski definition) is 1. The molecule has 2 bridgehead atoms. The normalized spacial score (nSPS) is 36.3. The number of fused-ring (bicyclic) bond motifs is 5. The van der Waals surface area contributed by atoms with Crippen LogP contribution in [-0.2, 0) is 11.3 Å². The van der Waals surface area contributed by atoms with Crippen molar-refractivity contribution < 1.29 is 4.79 Å². The number of allylic oxidation sites excluding steroid dienone is 2. The van der Waals surface area contributed by atoms with E-state index in [1.54, 1.807) is 0 Å². The number of rotatable bonds is 4. The van der Waals surface area contributed by atoms with Gasteiger partial charge in [0.2, 0.25) is 5.91 Å². The van der Waals surface area contributed by atoms with E-state index in [2.05, 4.69) is 35.8 Å². The molecule has 0 spiro atoms. The molecule has 108 valence electrons. The molecule has 1 aromatic carbocycles. The van der Waals surface area contributed by atoms with Crippen LogP contribution in [0.2, 0.25) is 0 Å². The molecule has 2 aliphatic carbocycles. The van der Waals surface area contributed by atoms with Gasteiger partial charge in [-0.2, -0.15) is 0 Å². The Morgan fingerprint density at radius 2 is 1.95 bits per heavy atom. The summed E-state index contributed by atoms with van der Waals surface area (Å²) in [6.07, 6.45) is 8.71. The molecule has 1 aliphatic heterocycles. The minimum absolute atomic E-state index is 0.230. The molecular weight excluding hydrogens is 258 g/mol. The molecule has 1 amide bonds. The topological polar surface area (TPSA) is 20.3 Å². The molecule has 4 rings (SSSR count). The van der Waals surface area contributed by atoms with Gasteiger partial charge in [0.25, 0.3) is 0 Å². The number of benzene rings is 1. The van der Waals surface area contributed by atoms with Crippen molar-refractivity contribution in [3.05, 3.63) is 60.7 Å². The average Bonchev–Trinajstić information content (AvgIpc) is 3.17. The van der Waals surface area contributed by atoms with Crippen LogP contribution in [0, 0.1) is 23.7 Å². The van der Waals surface area contributed by atoms with Crippen LogP contribution in [0.15, 0.2) is 55.1 Å². The number of likely N-dealkylation sites (tertiary alicyclic amines) is 1. The fourth-order valence-corrected chi connectivity index (χ4v) is 4.73. The van der Waals surface area contributed by atoms with Gasteiger partial charge in [0.05, 0.1) is 0 Å². The van der Waals surface area contributed by atoms with E-state index in [0.29, 0.717) is 29.7 Å². The quantitative estimate of drug-likeness (QED) is 0.773. The van der Waals surface area contributed by atoms with Crippen molar-refractivity contribution >= 4 is 5.91 Å². The fourth-order valence-electron chi connectivity index (χ4n) is 4.73. The third-order valence-electron chi connectivity index (χ3n) is 5.54. The van der Waals surface area contributed by atoms with Crippen molar-refractivity contribution in [3.63, 3.8) is 0 Å². The van der Waals surface area contributed by atoms with Crippen LogP contribution in [0.25, 0.3) is 0 Å². The van der Waals surface area contributed by atoms with Crippen LogP contribution in [0.3, 0.4) is 0 Å². The lowest BCUT2D eigenvalue weighted by Gasteiger charge is -2.29. The number of carbonyl (C=O) groups is 1. The van der Waals surface area contributed by atoms with Crippen molar-refractivity contribution in [2.24, 2.45) is 23.7 Å². The predicted octanol–water partition coefficient (Wildman–Crippen LogP) is 3.41. The van der Waals surface area contributed by atoms with Crippen molar-refractivity contribution in [1.29, 1.82) is 0 Å². The molecule has 2 heteroatoms. The summed E-state index contributed by atoms with van der Waals surface area (Å²) < 4.78 is 0. The highest BCUT2D eigenvalue weighted by Crippen LogP contribution is 2.55. The molecule has 0 unspecified atom stereocenters. The van der Waals surface area contributed by atoms with Gasteiger partial charge < -0.3 is 4.90 Å². The van der Waals surface area contributed by atoms with Gasteiger partial charge in [-0.05, 0) is 36.2 Å². The van der Waals surface area contributed by atoms with Gasteiger partial charge in [0, 0.05) is 18.5 Å². The first kappa shape index (κ1) is 12.9.